The fourth-order valence-electron chi connectivity index (χ4n) is 4.82. The first-order chi connectivity index (χ1) is 15.7. The van der Waals surface area contributed by atoms with Crippen LogP contribution in [0.4, 0.5) is 5.69 Å². The van der Waals surface area contributed by atoms with E-state index in [0.717, 1.165) is 22.4 Å². The number of halogens is 1. The average molecular weight is 477 g/mol. The van der Waals surface area contributed by atoms with Gasteiger partial charge in [-0.15, -0.1) is 11.8 Å². The topological polar surface area (TPSA) is 40.6 Å². The van der Waals surface area contributed by atoms with Crippen molar-refractivity contribution >= 4 is 40.9 Å². The van der Waals surface area contributed by atoms with Gasteiger partial charge in [0.15, 0.2) is 4.87 Å². The minimum atomic E-state index is -1.11. The lowest BCUT2D eigenvalue weighted by Gasteiger charge is -2.33. The zero-order valence-electron chi connectivity index (χ0n) is 18.8. The van der Waals surface area contributed by atoms with Crippen LogP contribution in [-0.4, -0.2) is 28.0 Å². The van der Waals surface area contributed by atoms with E-state index in [1.165, 1.54) is 0 Å². The summed E-state index contributed by atoms with van der Waals surface area (Å²) in [5.41, 5.74) is 4.34. The van der Waals surface area contributed by atoms with Gasteiger partial charge in [-0.3, -0.25) is 9.59 Å². The molecule has 0 unspecified atom stereocenters. The number of nitrogens with zero attached hydrogens (tertiary/aromatic N) is 2. The number of rotatable bonds is 3. The lowest BCUT2D eigenvalue weighted by atomic mass is 10.0. The summed E-state index contributed by atoms with van der Waals surface area (Å²) in [6, 6.07) is 23.0. The van der Waals surface area contributed by atoms with E-state index in [1.54, 1.807) is 40.9 Å². The van der Waals surface area contributed by atoms with Crippen LogP contribution in [0.5, 0.6) is 0 Å². The summed E-state index contributed by atoms with van der Waals surface area (Å²) in [5.74, 6) is -0.254. The molecule has 33 heavy (non-hydrogen) atoms. The molecule has 2 heterocycles. The molecule has 0 radical (unpaired) electrons. The van der Waals surface area contributed by atoms with E-state index in [-0.39, 0.29) is 16.6 Å². The fourth-order valence-corrected chi connectivity index (χ4v) is 6.73. The Balaban J connectivity index is 1.66. The third-order valence-corrected chi connectivity index (χ3v) is 8.01. The van der Waals surface area contributed by atoms with Crippen molar-refractivity contribution in [2.75, 3.05) is 11.4 Å². The van der Waals surface area contributed by atoms with E-state index < -0.39 is 4.87 Å². The Morgan fingerprint density at radius 2 is 1.79 bits per heavy atom. The zero-order chi connectivity index (χ0) is 23.4. The van der Waals surface area contributed by atoms with Crippen LogP contribution in [0.1, 0.15) is 40.9 Å². The second-order valence-electron chi connectivity index (χ2n) is 9.30. The predicted molar refractivity (Wildman–Crippen MR) is 135 cm³/mol. The Kier molecular flexibility index (Phi) is 5.30. The summed E-state index contributed by atoms with van der Waals surface area (Å²) in [7, 11) is 0. The summed E-state index contributed by atoms with van der Waals surface area (Å²) < 4.78 is -0.298. The maximum Gasteiger partial charge on any atom is 0.268 e. The number of hydrogen-bond acceptors (Lipinski definition) is 3. The van der Waals surface area contributed by atoms with Crippen LogP contribution in [0, 0.1) is 6.92 Å². The van der Waals surface area contributed by atoms with E-state index in [0.29, 0.717) is 23.7 Å². The quantitative estimate of drug-likeness (QED) is 0.464. The monoisotopic (exact) mass is 476 g/mol. The number of thioether (sulfide) groups is 1. The van der Waals surface area contributed by atoms with Crippen molar-refractivity contribution < 1.29 is 9.59 Å². The van der Waals surface area contributed by atoms with E-state index >= 15 is 0 Å². The Hall–Kier alpha value is -2.76. The average Bonchev–Trinajstić information content (AvgIpc) is 3.20. The van der Waals surface area contributed by atoms with Crippen molar-refractivity contribution in [1.29, 1.82) is 0 Å². The smallest absolute Gasteiger partial charge is 0.268 e. The van der Waals surface area contributed by atoms with Crippen LogP contribution >= 0.6 is 23.4 Å². The van der Waals surface area contributed by atoms with Gasteiger partial charge < -0.3 is 9.80 Å². The van der Waals surface area contributed by atoms with Gasteiger partial charge in [-0.2, -0.15) is 0 Å². The summed E-state index contributed by atoms with van der Waals surface area (Å²) >= 11 is 7.76. The molecule has 6 heteroatoms. The Morgan fingerprint density at radius 3 is 2.52 bits per heavy atom. The fraction of sp³-hybridized carbons (Fsp3) is 0.259. The van der Waals surface area contributed by atoms with Crippen molar-refractivity contribution in [1.82, 2.24) is 4.90 Å². The molecule has 1 atom stereocenters. The minimum absolute atomic E-state index is 0.0714. The molecular weight excluding hydrogens is 452 g/mol. The highest BCUT2D eigenvalue weighted by molar-refractivity contribution is 8.02. The van der Waals surface area contributed by atoms with Crippen LogP contribution in [0.3, 0.4) is 0 Å². The van der Waals surface area contributed by atoms with E-state index in [1.807, 2.05) is 54.3 Å². The third kappa shape index (κ3) is 3.64. The standard InChI is InChI=1S/C27H25ClN2O2S/c1-18-12-13-23-22(14-18)27(25(32)29(23)16-19-8-5-4-6-9-19)30(17-26(2,3)33-27)24(31)20-10-7-11-21(28)15-20/h4-15H,16-17H2,1-3H3/t27-/m0/s1. The Labute approximate surface area is 203 Å². The highest BCUT2D eigenvalue weighted by atomic mass is 35.5. The number of hydrogen-bond donors (Lipinski definition) is 0. The van der Waals surface area contributed by atoms with Crippen LogP contribution in [-0.2, 0) is 16.2 Å². The number of carbonyl (C=O) groups is 2. The van der Waals surface area contributed by atoms with Gasteiger partial charge in [0.2, 0.25) is 0 Å². The molecule has 3 aromatic rings. The minimum Gasteiger partial charge on any atom is -0.310 e. The summed E-state index contributed by atoms with van der Waals surface area (Å²) in [6.07, 6.45) is 0. The number of aryl methyl sites for hydroxylation is 1. The van der Waals surface area contributed by atoms with Crippen molar-refractivity contribution in [3.8, 4) is 0 Å². The highest BCUT2D eigenvalue weighted by Crippen LogP contribution is 2.60. The van der Waals surface area contributed by atoms with Gasteiger partial charge in [0.1, 0.15) is 0 Å². The summed E-state index contributed by atoms with van der Waals surface area (Å²) in [6.45, 7) is 7.12. The normalized spacial score (nSPS) is 21.0. The van der Waals surface area contributed by atoms with Gasteiger partial charge in [-0.05, 0) is 50.6 Å². The number of fused-ring (bicyclic) bond motifs is 2. The second kappa shape index (κ2) is 7.93. The van der Waals surface area contributed by atoms with Crippen LogP contribution in [0.2, 0.25) is 5.02 Å². The van der Waals surface area contributed by atoms with E-state index in [9.17, 15) is 9.59 Å². The van der Waals surface area contributed by atoms with Crippen LogP contribution in [0.15, 0.2) is 72.8 Å². The van der Waals surface area contributed by atoms with E-state index in [2.05, 4.69) is 19.9 Å². The molecule has 168 valence electrons. The molecule has 3 aromatic carbocycles. The van der Waals surface area contributed by atoms with E-state index in [4.69, 9.17) is 11.6 Å². The van der Waals surface area contributed by atoms with Gasteiger partial charge in [-0.25, -0.2) is 0 Å². The van der Waals surface area contributed by atoms with Gasteiger partial charge >= 0.3 is 0 Å². The van der Waals surface area contributed by atoms with Crippen LogP contribution < -0.4 is 4.90 Å². The SMILES string of the molecule is Cc1ccc2c(c1)[C@]1(SC(C)(C)CN1C(=O)c1cccc(Cl)c1)C(=O)N2Cc1ccccc1. The first-order valence-electron chi connectivity index (χ1n) is 11.0. The number of amides is 2. The molecule has 2 aliphatic rings. The largest absolute Gasteiger partial charge is 0.310 e. The Morgan fingerprint density at radius 1 is 1.03 bits per heavy atom. The highest BCUT2D eigenvalue weighted by Gasteiger charge is 2.63. The predicted octanol–water partition coefficient (Wildman–Crippen LogP) is 6.02. The number of anilines is 1. The number of benzene rings is 3. The molecule has 0 aromatic heterocycles. The molecule has 0 N–H and O–H groups in total. The van der Waals surface area contributed by atoms with Gasteiger partial charge in [-0.1, -0.05) is 65.7 Å². The maximum absolute atomic E-state index is 14.3. The number of carbonyl (C=O) groups excluding carboxylic acids is 2. The summed E-state index contributed by atoms with van der Waals surface area (Å²) in [4.78, 5) is 30.6. The molecule has 0 bridgehead atoms. The molecule has 1 fully saturated rings. The maximum atomic E-state index is 14.3. The molecule has 0 saturated carbocycles. The van der Waals surface area contributed by atoms with Gasteiger partial charge in [0.05, 0.1) is 12.2 Å². The molecule has 4 nitrogen and oxygen atoms in total. The molecule has 1 saturated heterocycles. The lowest BCUT2D eigenvalue weighted by molar-refractivity contribution is -0.123. The van der Waals surface area contributed by atoms with Gasteiger partial charge in [0, 0.05) is 27.4 Å². The van der Waals surface area contributed by atoms with Crippen molar-refractivity contribution in [2.45, 2.75) is 36.9 Å². The van der Waals surface area contributed by atoms with Crippen LogP contribution in [0.25, 0.3) is 0 Å². The first kappa shape index (κ1) is 22.1. The molecule has 2 aliphatic heterocycles. The lowest BCUT2D eigenvalue weighted by Crippen LogP contribution is -2.50. The zero-order valence-corrected chi connectivity index (χ0v) is 20.4. The molecule has 1 spiro atoms. The second-order valence-corrected chi connectivity index (χ2v) is 11.6. The molecular formula is C27H25ClN2O2S. The van der Waals surface area contributed by atoms with Crippen molar-refractivity contribution in [3.05, 3.63) is 100 Å². The summed E-state index contributed by atoms with van der Waals surface area (Å²) in [5, 5.41) is 0.501. The van der Waals surface area contributed by atoms with Crippen molar-refractivity contribution in [3.63, 3.8) is 0 Å². The van der Waals surface area contributed by atoms with Gasteiger partial charge in [0.25, 0.3) is 11.8 Å². The Bertz CT molecular complexity index is 1260. The molecule has 2 amide bonds. The first-order valence-corrected chi connectivity index (χ1v) is 12.2. The van der Waals surface area contributed by atoms with Crippen molar-refractivity contribution in [2.24, 2.45) is 0 Å². The molecule has 5 rings (SSSR count). The third-order valence-electron chi connectivity index (χ3n) is 6.19. The molecule has 0 aliphatic carbocycles.